The highest BCUT2D eigenvalue weighted by atomic mass is 35.5. The van der Waals surface area contributed by atoms with Crippen molar-refractivity contribution in [3.8, 4) is 0 Å². The van der Waals surface area contributed by atoms with Crippen LogP contribution < -0.4 is 5.32 Å². The smallest absolute Gasteiger partial charge is 0.242 e. The van der Waals surface area contributed by atoms with Crippen molar-refractivity contribution in [1.29, 1.82) is 0 Å². The summed E-state index contributed by atoms with van der Waals surface area (Å²) in [5, 5.41) is 3.47. The van der Waals surface area contributed by atoms with Crippen molar-refractivity contribution in [3.63, 3.8) is 0 Å². The molecule has 0 aliphatic rings. The number of hydrogen-bond donors (Lipinski definition) is 1. The average molecular weight is 387 g/mol. The molecule has 1 N–H and O–H groups in total. The summed E-state index contributed by atoms with van der Waals surface area (Å²) in [5.74, 6) is -0.284. The van der Waals surface area contributed by atoms with Crippen molar-refractivity contribution < 1.29 is 13.2 Å². The van der Waals surface area contributed by atoms with Gasteiger partial charge in [-0.3, -0.25) is 4.79 Å². The summed E-state index contributed by atoms with van der Waals surface area (Å²) in [4.78, 5) is 12.2. The number of carbonyl (C=O) groups is 1. The summed E-state index contributed by atoms with van der Waals surface area (Å²) in [6.07, 6.45) is 0.0988. The second kappa shape index (κ2) is 7.53. The third kappa shape index (κ3) is 4.48. The first-order valence-electron chi connectivity index (χ1n) is 6.96. The number of anilines is 1. The second-order valence-corrected chi connectivity index (χ2v) is 8.25. The lowest BCUT2D eigenvalue weighted by atomic mass is 10.1. The number of nitrogens with zero attached hydrogens (tertiary/aromatic N) is 1. The number of amides is 1. The molecule has 0 spiro atoms. The van der Waals surface area contributed by atoms with Gasteiger partial charge in [0, 0.05) is 19.8 Å². The van der Waals surface area contributed by atoms with Crippen LogP contribution in [0.3, 0.4) is 0 Å². The Balaban J connectivity index is 2.13. The molecule has 0 heterocycles. The molecule has 0 aromatic heterocycles. The maximum atomic E-state index is 12.1. The third-order valence-corrected chi connectivity index (χ3v) is 5.80. The first-order valence-corrected chi connectivity index (χ1v) is 9.16. The monoisotopic (exact) mass is 386 g/mol. The van der Waals surface area contributed by atoms with Crippen molar-refractivity contribution in [2.45, 2.75) is 11.3 Å². The lowest BCUT2D eigenvalue weighted by Crippen LogP contribution is -2.22. The molecule has 2 aromatic carbocycles. The molecule has 0 saturated carbocycles. The van der Waals surface area contributed by atoms with Gasteiger partial charge in [-0.15, -0.1) is 0 Å². The van der Waals surface area contributed by atoms with Crippen molar-refractivity contribution in [2.24, 2.45) is 0 Å². The summed E-state index contributed by atoms with van der Waals surface area (Å²) < 4.78 is 25.3. The van der Waals surface area contributed by atoms with Gasteiger partial charge in [-0.1, -0.05) is 35.3 Å². The lowest BCUT2D eigenvalue weighted by molar-refractivity contribution is -0.115. The van der Waals surface area contributed by atoms with Gasteiger partial charge in [0.25, 0.3) is 0 Å². The van der Waals surface area contributed by atoms with E-state index in [9.17, 15) is 13.2 Å². The number of benzene rings is 2. The Bertz CT molecular complexity index is 867. The largest absolute Gasteiger partial charge is 0.326 e. The Labute approximate surface area is 151 Å². The van der Waals surface area contributed by atoms with Crippen LogP contribution in [0.2, 0.25) is 10.0 Å². The minimum Gasteiger partial charge on any atom is -0.326 e. The minimum atomic E-state index is -3.55. The molecular formula is C16H16Cl2N2O3S. The number of halogens is 2. The molecule has 0 radical (unpaired) electrons. The van der Waals surface area contributed by atoms with E-state index < -0.39 is 10.0 Å². The predicted octanol–water partition coefficient (Wildman–Crippen LogP) is 3.42. The Kier molecular flexibility index (Phi) is 5.87. The lowest BCUT2D eigenvalue weighted by Gasteiger charge is -2.12. The van der Waals surface area contributed by atoms with Crippen LogP contribution in [-0.4, -0.2) is 32.7 Å². The van der Waals surface area contributed by atoms with E-state index in [1.165, 1.54) is 26.2 Å². The number of hydrogen-bond acceptors (Lipinski definition) is 3. The van der Waals surface area contributed by atoms with Crippen LogP contribution in [0.4, 0.5) is 5.69 Å². The van der Waals surface area contributed by atoms with Crippen LogP contribution in [0.5, 0.6) is 0 Å². The molecule has 2 aromatic rings. The summed E-state index contributed by atoms with van der Waals surface area (Å²) >= 11 is 11.8. The molecule has 8 heteroatoms. The van der Waals surface area contributed by atoms with Crippen molar-refractivity contribution in [1.82, 2.24) is 4.31 Å². The first-order chi connectivity index (χ1) is 11.2. The van der Waals surface area contributed by atoms with Crippen molar-refractivity contribution in [2.75, 3.05) is 19.4 Å². The van der Waals surface area contributed by atoms with E-state index in [4.69, 9.17) is 23.2 Å². The minimum absolute atomic E-state index is 0.0988. The van der Waals surface area contributed by atoms with Crippen LogP contribution in [0.1, 0.15) is 5.56 Å². The van der Waals surface area contributed by atoms with Crippen LogP contribution in [-0.2, 0) is 21.2 Å². The molecule has 5 nitrogen and oxygen atoms in total. The van der Waals surface area contributed by atoms with Gasteiger partial charge in [-0.05, 0) is 35.9 Å². The fraction of sp³-hybridized carbons (Fsp3) is 0.188. The summed E-state index contributed by atoms with van der Waals surface area (Å²) in [6, 6.07) is 11.0. The molecule has 0 bridgehead atoms. The topological polar surface area (TPSA) is 66.5 Å². The molecule has 0 aliphatic carbocycles. The van der Waals surface area contributed by atoms with E-state index in [0.29, 0.717) is 21.3 Å². The van der Waals surface area contributed by atoms with Gasteiger partial charge >= 0.3 is 0 Å². The second-order valence-electron chi connectivity index (χ2n) is 5.29. The van der Waals surface area contributed by atoms with Crippen LogP contribution in [0, 0.1) is 0 Å². The van der Waals surface area contributed by atoms with E-state index in [1.807, 2.05) is 0 Å². The number of nitrogens with one attached hydrogen (secondary N) is 1. The SMILES string of the molecule is CN(C)S(=O)(=O)c1cccc(NC(=O)Cc2ccc(Cl)c(Cl)c2)c1. The Morgan fingerprint density at radius 3 is 2.42 bits per heavy atom. The van der Waals surface area contributed by atoms with E-state index in [0.717, 1.165) is 4.31 Å². The molecular weight excluding hydrogens is 371 g/mol. The molecule has 128 valence electrons. The van der Waals surface area contributed by atoms with Gasteiger partial charge in [-0.25, -0.2) is 12.7 Å². The number of carbonyl (C=O) groups excluding carboxylic acids is 1. The zero-order chi connectivity index (χ0) is 17.9. The highest BCUT2D eigenvalue weighted by Crippen LogP contribution is 2.23. The van der Waals surface area contributed by atoms with Crippen molar-refractivity contribution in [3.05, 3.63) is 58.1 Å². The van der Waals surface area contributed by atoms with E-state index >= 15 is 0 Å². The fourth-order valence-corrected chi connectivity index (χ4v) is 3.25. The fourth-order valence-electron chi connectivity index (χ4n) is 1.99. The maximum absolute atomic E-state index is 12.1. The van der Waals surface area contributed by atoms with Gasteiger partial charge in [0.05, 0.1) is 21.4 Å². The molecule has 2 rings (SSSR count). The Morgan fingerprint density at radius 2 is 1.79 bits per heavy atom. The maximum Gasteiger partial charge on any atom is 0.242 e. The van der Waals surface area contributed by atoms with Gasteiger partial charge in [0.15, 0.2) is 0 Å². The average Bonchev–Trinajstić information content (AvgIpc) is 2.51. The number of sulfonamides is 1. The van der Waals surface area contributed by atoms with Crippen LogP contribution in [0.25, 0.3) is 0 Å². The molecule has 0 atom stereocenters. The molecule has 0 saturated heterocycles. The molecule has 0 unspecified atom stereocenters. The van der Waals surface area contributed by atoms with E-state index in [2.05, 4.69) is 5.32 Å². The summed E-state index contributed by atoms with van der Waals surface area (Å²) in [5.41, 5.74) is 1.11. The molecule has 0 fully saturated rings. The van der Waals surface area contributed by atoms with Crippen LogP contribution in [0.15, 0.2) is 47.4 Å². The summed E-state index contributed by atoms with van der Waals surface area (Å²) in [7, 11) is -0.656. The van der Waals surface area contributed by atoms with E-state index in [-0.39, 0.29) is 17.2 Å². The predicted molar refractivity (Wildman–Crippen MR) is 96.1 cm³/mol. The molecule has 1 amide bonds. The molecule has 24 heavy (non-hydrogen) atoms. The third-order valence-electron chi connectivity index (χ3n) is 3.25. The quantitative estimate of drug-likeness (QED) is 0.855. The Morgan fingerprint density at radius 1 is 1.08 bits per heavy atom. The highest BCUT2D eigenvalue weighted by molar-refractivity contribution is 7.89. The van der Waals surface area contributed by atoms with Gasteiger partial charge in [-0.2, -0.15) is 0 Å². The standard InChI is InChI=1S/C16H16Cl2N2O3S/c1-20(2)24(22,23)13-5-3-4-12(10-13)19-16(21)9-11-6-7-14(17)15(18)8-11/h3-8,10H,9H2,1-2H3,(H,19,21). The van der Waals surface area contributed by atoms with Crippen molar-refractivity contribution >= 4 is 44.8 Å². The zero-order valence-electron chi connectivity index (χ0n) is 13.1. The van der Waals surface area contributed by atoms with Gasteiger partial charge < -0.3 is 5.32 Å². The summed E-state index contributed by atoms with van der Waals surface area (Å²) in [6.45, 7) is 0. The molecule has 0 aliphatic heterocycles. The Hall–Kier alpha value is -1.60. The normalized spacial score (nSPS) is 11.5. The van der Waals surface area contributed by atoms with Crippen LogP contribution >= 0.6 is 23.2 Å². The number of rotatable bonds is 5. The zero-order valence-corrected chi connectivity index (χ0v) is 15.4. The first kappa shape index (κ1) is 18.7. The van der Waals surface area contributed by atoms with Gasteiger partial charge in [0.1, 0.15) is 0 Å². The van der Waals surface area contributed by atoms with E-state index in [1.54, 1.807) is 30.3 Å². The highest BCUT2D eigenvalue weighted by Gasteiger charge is 2.17. The van der Waals surface area contributed by atoms with Gasteiger partial charge in [0.2, 0.25) is 15.9 Å².